The van der Waals surface area contributed by atoms with Crippen LogP contribution in [0.1, 0.15) is 23.1 Å². The van der Waals surface area contributed by atoms with Crippen molar-refractivity contribution in [2.75, 3.05) is 10.8 Å². The van der Waals surface area contributed by atoms with Crippen LogP contribution < -0.4 is 4.31 Å². The lowest BCUT2D eigenvalue weighted by Gasteiger charge is -2.26. The van der Waals surface area contributed by atoms with Gasteiger partial charge in [0.1, 0.15) is 4.75 Å². The van der Waals surface area contributed by atoms with E-state index in [0.717, 1.165) is 28.8 Å². The van der Waals surface area contributed by atoms with Crippen LogP contribution in [0.3, 0.4) is 0 Å². The molecule has 2 fully saturated rings. The first-order chi connectivity index (χ1) is 10.5. The molecule has 0 aromatic heterocycles. The molecule has 4 rings (SSSR count). The van der Waals surface area contributed by atoms with E-state index in [1.807, 2.05) is 62.4 Å². The van der Waals surface area contributed by atoms with Crippen LogP contribution in [-0.2, 0) is 14.8 Å². The minimum atomic E-state index is -3.37. The first-order valence-electron chi connectivity index (χ1n) is 7.62. The lowest BCUT2D eigenvalue weighted by molar-refractivity contribution is 0.583. The van der Waals surface area contributed by atoms with Crippen molar-refractivity contribution < 1.29 is 8.42 Å². The molecule has 1 aliphatic heterocycles. The van der Waals surface area contributed by atoms with E-state index in [4.69, 9.17) is 0 Å². The van der Waals surface area contributed by atoms with E-state index in [9.17, 15) is 8.42 Å². The smallest absolute Gasteiger partial charge is 0.245 e. The molecular formula is C18H19NO2S. The number of fused-ring (bicyclic) bond motifs is 1. The van der Waals surface area contributed by atoms with Crippen LogP contribution in [0.4, 0.5) is 5.69 Å². The van der Waals surface area contributed by atoms with Gasteiger partial charge in [-0.2, -0.15) is 0 Å². The zero-order chi connectivity index (χ0) is 15.5. The number of nitrogens with zero attached hydrogens (tertiary/aromatic N) is 1. The average Bonchev–Trinajstić information content (AvgIpc) is 3.18. The van der Waals surface area contributed by atoms with Crippen molar-refractivity contribution in [3.63, 3.8) is 0 Å². The van der Waals surface area contributed by atoms with Crippen LogP contribution >= 0.6 is 0 Å². The first-order valence-corrected chi connectivity index (χ1v) is 9.06. The number of hydrogen-bond donors (Lipinski definition) is 0. The summed E-state index contributed by atoms with van der Waals surface area (Å²) in [5.74, 6) is 0.207. The Morgan fingerprint density at radius 1 is 1.00 bits per heavy atom. The second kappa shape index (κ2) is 4.35. The molecule has 2 aromatic rings. The fraction of sp³-hybridized carbons (Fsp3) is 0.333. The van der Waals surface area contributed by atoms with Crippen LogP contribution in [0.5, 0.6) is 0 Å². The molecule has 114 valence electrons. The molecule has 2 aromatic carbocycles. The van der Waals surface area contributed by atoms with Crippen molar-refractivity contribution in [1.29, 1.82) is 0 Å². The summed E-state index contributed by atoms with van der Waals surface area (Å²) in [5, 5.41) is 0. The Bertz CT molecular complexity index is 824. The number of rotatable bonds is 2. The van der Waals surface area contributed by atoms with E-state index in [1.165, 1.54) is 0 Å². The summed E-state index contributed by atoms with van der Waals surface area (Å²) in [7, 11) is -3.37. The standard InChI is InChI=1S/C18H19NO2S/c1-13-7-6-8-14(2)17(13)19-12-16-11-18(16,22(19,20)21)15-9-4-3-5-10-15/h3-10,16H,11-12H2,1-2H3. The Hall–Kier alpha value is -1.81. The molecule has 2 unspecified atom stereocenters. The van der Waals surface area contributed by atoms with Gasteiger partial charge < -0.3 is 0 Å². The minimum absolute atomic E-state index is 0.207. The molecule has 2 aliphatic rings. The molecule has 0 bridgehead atoms. The molecule has 0 spiro atoms. The fourth-order valence-corrected chi connectivity index (χ4v) is 6.60. The Kier molecular flexibility index (Phi) is 2.74. The molecule has 0 radical (unpaired) electrons. The highest BCUT2D eigenvalue weighted by Gasteiger charge is 2.72. The van der Waals surface area contributed by atoms with E-state index in [0.29, 0.717) is 6.54 Å². The van der Waals surface area contributed by atoms with Gasteiger partial charge >= 0.3 is 0 Å². The highest BCUT2D eigenvalue weighted by molar-refractivity contribution is 7.94. The molecule has 3 nitrogen and oxygen atoms in total. The van der Waals surface area contributed by atoms with E-state index in [-0.39, 0.29) is 5.92 Å². The molecule has 1 saturated heterocycles. The predicted molar refractivity (Wildman–Crippen MR) is 88.4 cm³/mol. The molecule has 4 heteroatoms. The topological polar surface area (TPSA) is 37.4 Å². The Balaban J connectivity index is 1.85. The van der Waals surface area contributed by atoms with Crippen molar-refractivity contribution in [2.24, 2.45) is 5.92 Å². The third-order valence-electron chi connectivity index (χ3n) is 5.14. The molecule has 1 heterocycles. The van der Waals surface area contributed by atoms with E-state index < -0.39 is 14.8 Å². The number of hydrogen-bond acceptors (Lipinski definition) is 2. The van der Waals surface area contributed by atoms with E-state index in [1.54, 1.807) is 4.31 Å². The van der Waals surface area contributed by atoms with Gasteiger partial charge in [-0.25, -0.2) is 8.42 Å². The van der Waals surface area contributed by atoms with Crippen molar-refractivity contribution in [3.05, 3.63) is 65.2 Å². The third kappa shape index (κ3) is 1.59. The zero-order valence-electron chi connectivity index (χ0n) is 12.8. The SMILES string of the molecule is Cc1cccc(C)c1N1CC2CC2(c2ccccc2)S1(=O)=O. The Labute approximate surface area is 131 Å². The summed E-state index contributed by atoms with van der Waals surface area (Å²) in [6, 6.07) is 15.6. The maximum atomic E-state index is 13.3. The monoisotopic (exact) mass is 313 g/mol. The van der Waals surface area contributed by atoms with Crippen LogP contribution in [-0.4, -0.2) is 15.0 Å². The quantitative estimate of drug-likeness (QED) is 0.852. The van der Waals surface area contributed by atoms with Crippen molar-refractivity contribution >= 4 is 15.7 Å². The first kappa shape index (κ1) is 13.8. The molecule has 2 atom stereocenters. The van der Waals surface area contributed by atoms with Crippen molar-refractivity contribution in [2.45, 2.75) is 25.0 Å². The second-order valence-corrected chi connectivity index (χ2v) is 8.55. The number of aryl methyl sites for hydroxylation is 2. The van der Waals surface area contributed by atoms with Gasteiger partial charge in [0.05, 0.1) is 5.69 Å². The van der Waals surface area contributed by atoms with Crippen LogP contribution in [0.15, 0.2) is 48.5 Å². The molecule has 22 heavy (non-hydrogen) atoms. The van der Waals surface area contributed by atoms with Gasteiger partial charge in [0.25, 0.3) is 0 Å². The number of para-hydroxylation sites is 1. The summed E-state index contributed by atoms with van der Waals surface area (Å²) in [6.45, 7) is 4.57. The molecule has 1 saturated carbocycles. The van der Waals surface area contributed by atoms with Gasteiger partial charge in [0, 0.05) is 12.5 Å². The maximum absolute atomic E-state index is 13.3. The van der Waals surface area contributed by atoms with Gasteiger partial charge in [-0.05, 0) is 37.0 Å². The van der Waals surface area contributed by atoms with Crippen LogP contribution in [0.25, 0.3) is 0 Å². The molecule has 0 N–H and O–H groups in total. The largest absolute Gasteiger partial charge is 0.269 e. The number of sulfonamides is 1. The highest BCUT2D eigenvalue weighted by Crippen LogP contribution is 2.64. The maximum Gasteiger partial charge on any atom is 0.245 e. The van der Waals surface area contributed by atoms with Crippen LogP contribution in [0, 0.1) is 19.8 Å². The van der Waals surface area contributed by atoms with E-state index in [2.05, 4.69) is 0 Å². The van der Waals surface area contributed by atoms with Crippen molar-refractivity contribution in [1.82, 2.24) is 0 Å². The summed E-state index contributed by atoms with van der Waals surface area (Å²) < 4.78 is 27.5. The molecular weight excluding hydrogens is 294 g/mol. The Morgan fingerprint density at radius 3 is 2.27 bits per heavy atom. The zero-order valence-corrected chi connectivity index (χ0v) is 13.6. The average molecular weight is 313 g/mol. The lowest BCUT2D eigenvalue weighted by Crippen LogP contribution is -2.34. The fourth-order valence-electron chi connectivity index (χ4n) is 3.96. The summed E-state index contributed by atoms with van der Waals surface area (Å²) in [6.07, 6.45) is 0.751. The number of anilines is 1. The second-order valence-electron chi connectivity index (χ2n) is 6.43. The van der Waals surface area contributed by atoms with Gasteiger partial charge in [0.15, 0.2) is 0 Å². The van der Waals surface area contributed by atoms with Gasteiger partial charge in [-0.15, -0.1) is 0 Å². The summed E-state index contributed by atoms with van der Waals surface area (Å²) >= 11 is 0. The predicted octanol–water partition coefficient (Wildman–Crippen LogP) is 3.37. The van der Waals surface area contributed by atoms with Crippen molar-refractivity contribution in [3.8, 4) is 0 Å². The summed E-state index contributed by atoms with van der Waals surface area (Å²) in [5.41, 5.74) is 3.85. The molecule has 1 aliphatic carbocycles. The van der Waals surface area contributed by atoms with Gasteiger partial charge in [0.2, 0.25) is 10.0 Å². The lowest BCUT2D eigenvalue weighted by atomic mass is 10.1. The third-order valence-corrected chi connectivity index (χ3v) is 7.71. The molecule has 0 amide bonds. The number of benzene rings is 2. The van der Waals surface area contributed by atoms with Gasteiger partial charge in [-0.1, -0.05) is 48.5 Å². The normalized spacial score (nSPS) is 28.5. The summed E-state index contributed by atoms with van der Waals surface area (Å²) in [4.78, 5) is 0. The minimum Gasteiger partial charge on any atom is -0.269 e. The van der Waals surface area contributed by atoms with Crippen LogP contribution in [0.2, 0.25) is 0 Å². The van der Waals surface area contributed by atoms with E-state index >= 15 is 0 Å². The highest BCUT2D eigenvalue weighted by atomic mass is 32.2. The Morgan fingerprint density at radius 2 is 1.64 bits per heavy atom. The van der Waals surface area contributed by atoms with Gasteiger partial charge in [-0.3, -0.25) is 4.31 Å².